The Morgan fingerprint density at radius 3 is 2.43 bits per heavy atom. The Labute approximate surface area is 167 Å². The first-order valence-corrected chi connectivity index (χ1v) is 9.98. The summed E-state index contributed by atoms with van der Waals surface area (Å²) in [6.45, 7) is 9.23. The Kier molecular flexibility index (Phi) is 8.57. The predicted octanol–water partition coefficient (Wildman–Crippen LogP) is 3.29. The van der Waals surface area contributed by atoms with Crippen molar-refractivity contribution in [2.45, 2.75) is 58.3 Å². The molecule has 0 spiro atoms. The van der Waals surface area contributed by atoms with Gasteiger partial charge in [-0.3, -0.25) is 0 Å². The number of ether oxygens (including phenoxy) is 2. The van der Waals surface area contributed by atoms with Gasteiger partial charge in [-0.2, -0.15) is 0 Å². The summed E-state index contributed by atoms with van der Waals surface area (Å²) in [7, 11) is 0. The number of hydrogen-bond acceptors (Lipinski definition) is 5. The maximum absolute atomic E-state index is 11.8. The second-order valence-electron chi connectivity index (χ2n) is 8.10. The minimum absolute atomic E-state index is 0.164. The molecule has 1 aromatic carbocycles. The van der Waals surface area contributed by atoms with Crippen LogP contribution in [0.1, 0.15) is 45.6 Å². The molecule has 2 rings (SSSR count). The molecule has 1 fully saturated rings. The highest BCUT2D eigenvalue weighted by Gasteiger charge is 2.23. The molecule has 7 heteroatoms. The number of piperidine rings is 1. The molecule has 1 saturated heterocycles. The molecule has 2 N–H and O–H groups in total. The third-order valence-electron chi connectivity index (χ3n) is 4.44. The Hall–Kier alpha value is -2.28. The summed E-state index contributed by atoms with van der Waals surface area (Å²) in [6, 6.07) is 9.78. The van der Waals surface area contributed by atoms with Gasteiger partial charge in [-0.25, -0.2) is 9.59 Å². The Balaban J connectivity index is 1.51. The van der Waals surface area contributed by atoms with Crippen molar-refractivity contribution in [1.29, 1.82) is 0 Å². The minimum atomic E-state index is -0.472. The van der Waals surface area contributed by atoms with Gasteiger partial charge < -0.3 is 25.0 Å². The Bertz CT molecular complexity index is 608. The van der Waals surface area contributed by atoms with E-state index in [4.69, 9.17) is 9.47 Å². The third-order valence-corrected chi connectivity index (χ3v) is 4.44. The van der Waals surface area contributed by atoms with Gasteiger partial charge in [0.1, 0.15) is 12.2 Å². The zero-order valence-electron chi connectivity index (χ0n) is 17.2. The quantitative estimate of drug-likeness (QED) is 0.697. The summed E-state index contributed by atoms with van der Waals surface area (Å²) in [6.07, 6.45) is 1.95. The van der Waals surface area contributed by atoms with Crippen LogP contribution in [0, 0.1) is 0 Å². The summed E-state index contributed by atoms with van der Waals surface area (Å²) in [5, 5.41) is 5.73. The maximum Gasteiger partial charge on any atom is 0.407 e. The van der Waals surface area contributed by atoms with Crippen molar-refractivity contribution in [3.63, 3.8) is 0 Å². The standard InChI is InChI=1S/C21H33N3O4/c1-21(2,3)28-20(26)23-18-10-14-24(15-11-18)13-7-12-22-19(25)27-16-17-8-5-4-6-9-17/h4-6,8-9,18H,7,10-16H2,1-3H3,(H,22,25)(H,23,26). The van der Waals surface area contributed by atoms with Crippen LogP contribution in [0.4, 0.5) is 9.59 Å². The molecule has 0 bridgehead atoms. The van der Waals surface area contributed by atoms with Gasteiger partial charge >= 0.3 is 12.2 Å². The molecule has 1 heterocycles. The van der Waals surface area contributed by atoms with Crippen molar-refractivity contribution in [3.05, 3.63) is 35.9 Å². The summed E-state index contributed by atoms with van der Waals surface area (Å²) in [4.78, 5) is 25.9. The number of rotatable bonds is 7. The molecule has 0 unspecified atom stereocenters. The zero-order chi connectivity index (χ0) is 20.4. The van der Waals surface area contributed by atoms with Gasteiger partial charge in [-0.15, -0.1) is 0 Å². The summed E-state index contributed by atoms with van der Waals surface area (Å²) in [5.41, 5.74) is 0.501. The molecule has 0 aromatic heterocycles. The predicted molar refractivity (Wildman–Crippen MR) is 108 cm³/mol. The molecule has 1 aromatic rings. The first-order valence-electron chi connectivity index (χ1n) is 9.98. The number of nitrogens with zero attached hydrogens (tertiary/aromatic N) is 1. The van der Waals surface area contributed by atoms with Gasteiger partial charge in [-0.1, -0.05) is 30.3 Å². The number of nitrogens with one attached hydrogen (secondary N) is 2. The Morgan fingerprint density at radius 2 is 1.79 bits per heavy atom. The normalized spacial score (nSPS) is 15.7. The fourth-order valence-corrected chi connectivity index (χ4v) is 3.04. The number of likely N-dealkylation sites (tertiary alicyclic amines) is 1. The van der Waals surface area contributed by atoms with Gasteiger partial charge in [-0.05, 0) is 52.1 Å². The van der Waals surface area contributed by atoms with E-state index in [0.717, 1.165) is 44.5 Å². The van der Waals surface area contributed by atoms with Gasteiger partial charge in [0.05, 0.1) is 0 Å². The van der Waals surface area contributed by atoms with Gasteiger partial charge in [0.25, 0.3) is 0 Å². The monoisotopic (exact) mass is 391 g/mol. The lowest BCUT2D eigenvalue weighted by Gasteiger charge is -2.32. The van der Waals surface area contributed by atoms with E-state index >= 15 is 0 Å². The van der Waals surface area contributed by atoms with E-state index in [1.54, 1.807) is 0 Å². The van der Waals surface area contributed by atoms with Crippen molar-refractivity contribution in [2.24, 2.45) is 0 Å². The molecule has 1 aliphatic heterocycles. The van der Waals surface area contributed by atoms with Gasteiger partial charge in [0.15, 0.2) is 0 Å². The first kappa shape index (κ1) is 22.0. The first-order chi connectivity index (χ1) is 13.3. The van der Waals surface area contributed by atoms with E-state index in [2.05, 4.69) is 15.5 Å². The van der Waals surface area contributed by atoms with Crippen LogP contribution in [0.3, 0.4) is 0 Å². The summed E-state index contributed by atoms with van der Waals surface area (Å²) < 4.78 is 10.5. The molecule has 0 atom stereocenters. The molecular weight excluding hydrogens is 358 g/mol. The van der Waals surface area contributed by atoms with E-state index < -0.39 is 5.60 Å². The highest BCUT2D eigenvalue weighted by Crippen LogP contribution is 2.12. The number of amides is 2. The average Bonchev–Trinajstić information content (AvgIpc) is 2.64. The molecule has 7 nitrogen and oxygen atoms in total. The fourth-order valence-electron chi connectivity index (χ4n) is 3.04. The smallest absolute Gasteiger partial charge is 0.407 e. The molecule has 28 heavy (non-hydrogen) atoms. The lowest BCUT2D eigenvalue weighted by atomic mass is 10.1. The molecule has 0 radical (unpaired) electrons. The number of benzene rings is 1. The van der Waals surface area contributed by atoms with E-state index in [0.29, 0.717) is 6.54 Å². The lowest BCUT2D eigenvalue weighted by molar-refractivity contribution is 0.0479. The van der Waals surface area contributed by atoms with Crippen LogP contribution in [0.2, 0.25) is 0 Å². The summed E-state index contributed by atoms with van der Waals surface area (Å²) in [5.74, 6) is 0. The molecule has 1 aliphatic rings. The van der Waals surface area contributed by atoms with E-state index in [1.807, 2.05) is 51.1 Å². The number of alkyl carbamates (subject to hydrolysis) is 2. The SMILES string of the molecule is CC(C)(C)OC(=O)NC1CCN(CCCNC(=O)OCc2ccccc2)CC1. The van der Waals surface area contributed by atoms with Crippen LogP contribution >= 0.6 is 0 Å². The average molecular weight is 392 g/mol. The summed E-state index contributed by atoms with van der Waals surface area (Å²) >= 11 is 0. The molecule has 0 saturated carbocycles. The van der Waals surface area contributed by atoms with E-state index in [-0.39, 0.29) is 24.8 Å². The van der Waals surface area contributed by atoms with Crippen LogP contribution < -0.4 is 10.6 Å². The highest BCUT2D eigenvalue weighted by molar-refractivity contribution is 5.68. The van der Waals surface area contributed by atoms with Crippen LogP contribution in [0.25, 0.3) is 0 Å². The highest BCUT2D eigenvalue weighted by atomic mass is 16.6. The van der Waals surface area contributed by atoms with Crippen molar-refractivity contribution >= 4 is 12.2 Å². The van der Waals surface area contributed by atoms with Gasteiger partial charge in [0.2, 0.25) is 0 Å². The second-order valence-corrected chi connectivity index (χ2v) is 8.10. The third kappa shape index (κ3) is 9.08. The minimum Gasteiger partial charge on any atom is -0.445 e. The number of hydrogen-bond donors (Lipinski definition) is 2. The van der Waals surface area contributed by atoms with Crippen LogP contribution in [-0.2, 0) is 16.1 Å². The molecule has 0 aliphatic carbocycles. The lowest BCUT2D eigenvalue weighted by Crippen LogP contribution is -2.46. The van der Waals surface area contributed by atoms with Crippen molar-refractivity contribution < 1.29 is 19.1 Å². The van der Waals surface area contributed by atoms with Crippen molar-refractivity contribution in [3.8, 4) is 0 Å². The van der Waals surface area contributed by atoms with E-state index in [9.17, 15) is 9.59 Å². The second kappa shape index (κ2) is 10.9. The fraction of sp³-hybridized carbons (Fsp3) is 0.619. The Morgan fingerprint density at radius 1 is 1.11 bits per heavy atom. The molecule has 2 amide bonds. The number of carbonyl (C=O) groups excluding carboxylic acids is 2. The maximum atomic E-state index is 11.8. The van der Waals surface area contributed by atoms with Crippen molar-refractivity contribution in [1.82, 2.24) is 15.5 Å². The number of carbonyl (C=O) groups is 2. The largest absolute Gasteiger partial charge is 0.445 e. The van der Waals surface area contributed by atoms with Gasteiger partial charge in [0, 0.05) is 25.7 Å². The van der Waals surface area contributed by atoms with Crippen LogP contribution in [0.5, 0.6) is 0 Å². The van der Waals surface area contributed by atoms with Crippen LogP contribution in [-0.4, -0.2) is 54.9 Å². The topological polar surface area (TPSA) is 79.9 Å². The van der Waals surface area contributed by atoms with E-state index in [1.165, 1.54) is 0 Å². The molecular formula is C21H33N3O4. The van der Waals surface area contributed by atoms with Crippen LogP contribution in [0.15, 0.2) is 30.3 Å². The van der Waals surface area contributed by atoms with Crippen molar-refractivity contribution in [2.75, 3.05) is 26.2 Å². The molecule has 156 valence electrons. The zero-order valence-corrected chi connectivity index (χ0v) is 17.2.